The topological polar surface area (TPSA) is 39.4 Å². The minimum atomic E-state index is 0.451. The maximum Gasteiger partial charge on any atom is 0.105 e. The van der Waals surface area contributed by atoms with Crippen LogP contribution in [0.4, 0.5) is 5.69 Å². The van der Waals surface area contributed by atoms with Crippen molar-refractivity contribution in [1.82, 2.24) is 4.90 Å². The Labute approximate surface area is 141 Å². The van der Waals surface area contributed by atoms with Gasteiger partial charge in [0.2, 0.25) is 0 Å². The number of likely N-dealkylation sites (tertiary alicyclic amines) is 1. The number of rotatable bonds is 3. The average Bonchev–Trinajstić information content (AvgIpc) is 2.58. The number of nitriles is 1. The van der Waals surface area contributed by atoms with E-state index in [1.54, 1.807) is 6.07 Å². The number of hydrogen-bond donors (Lipinski definition) is 0. The van der Waals surface area contributed by atoms with Gasteiger partial charge in [0.05, 0.1) is 16.3 Å². The Morgan fingerprint density at radius 1 is 1.09 bits per heavy atom. The third kappa shape index (κ3) is 3.72. The molecule has 0 bridgehead atoms. The minimum absolute atomic E-state index is 0.451. The number of hydrogen-bond acceptors (Lipinski definition) is 2. The molecule has 1 aliphatic heterocycles. The van der Waals surface area contributed by atoms with Crippen molar-refractivity contribution in [3.05, 3.63) is 64.7 Å². The van der Waals surface area contributed by atoms with Crippen molar-refractivity contribution < 1.29 is 0 Å². The average molecular weight is 324 g/mol. The van der Waals surface area contributed by atoms with Gasteiger partial charge in [-0.1, -0.05) is 48.0 Å². The van der Waals surface area contributed by atoms with Crippen molar-refractivity contribution in [2.75, 3.05) is 6.54 Å². The van der Waals surface area contributed by atoms with Crippen LogP contribution in [0.1, 0.15) is 30.4 Å². The van der Waals surface area contributed by atoms with Crippen LogP contribution in [0.5, 0.6) is 0 Å². The lowest BCUT2D eigenvalue weighted by molar-refractivity contribution is 0.364. The summed E-state index contributed by atoms with van der Waals surface area (Å²) in [5.74, 6) is 1.04. The smallest absolute Gasteiger partial charge is 0.105 e. The Bertz CT molecular complexity index is 747. The van der Waals surface area contributed by atoms with Gasteiger partial charge in [-0.2, -0.15) is 5.26 Å². The number of piperidine rings is 1. The van der Waals surface area contributed by atoms with E-state index in [1.165, 1.54) is 12.0 Å². The highest BCUT2D eigenvalue weighted by Gasteiger charge is 2.17. The van der Waals surface area contributed by atoms with Gasteiger partial charge in [-0.3, -0.25) is 0 Å². The third-order valence-corrected chi connectivity index (χ3v) is 4.33. The van der Waals surface area contributed by atoms with Crippen LogP contribution >= 0.6 is 11.6 Å². The summed E-state index contributed by atoms with van der Waals surface area (Å²) < 4.78 is 0. The van der Waals surface area contributed by atoms with Crippen LogP contribution < -0.4 is 0 Å². The number of nitrogens with zero attached hydrogens (tertiary/aromatic N) is 3. The second-order valence-corrected chi connectivity index (χ2v) is 6.05. The molecule has 1 saturated heterocycles. The molecule has 0 spiro atoms. The van der Waals surface area contributed by atoms with Crippen molar-refractivity contribution in [2.45, 2.75) is 25.8 Å². The van der Waals surface area contributed by atoms with Crippen LogP contribution in [-0.4, -0.2) is 17.3 Å². The predicted octanol–water partition coefficient (Wildman–Crippen LogP) is 4.93. The Hall–Kier alpha value is -2.31. The minimum Gasteiger partial charge on any atom is -0.356 e. The summed E-state index contributed by atoms with van der Waals surface area (Å²) in [7, 11) is 0. The Morgan fingerprint density at radius 3 is 2.70 bits per heavy atom. The molecule has 23 heavy (non-hydrogen) atoms. The monoisotopic (exact) mass is 323 g/mol. The van der Waals surface area contributed by atoms with Crippen LogP contribution in [0.15, 0.2) is 53.5 Å². The van der Waals surface area contributed by atoms with Crippen LogP contribution in [0.25, 0.3) is 0 Å². The molecule has 2 aromatic rings. The highest BCUT2D eigenvalue weighted by Crippen LogP contribution is 2.27. The first-order valence-corrected chi connectivity index (χ1v) is 8.21. The fourth-order valence-electron chi connectivity index (χ4n) is 2.83. The van der Waals surface area contributed by atoms with Crippen LogP contribution in [0, 0.1) is 11.3 Å². The molecule has 0 unspecified atom stereocenters. The summed E-state index contributed by atoms with van der Waals surface area (Å²) in [6.07, 6.45) is 3.24. The van der Waals surface area contributed by atoms with Gasteiger partial charge >= 0.3 is 0 Å². The van der Waals surface area contributed by atoms with Crippen molar-refractivity contribution in [1.29, 1.82) is 5.26 Å². The summed E-state index contributed by atoms with van der Waals surface area (Å²) in [6, 6.07) is 18.0. The Kier molecular flexibility index (Phi) is 4.95. The van der Waals surface area contributed by atoms with Crippen molar-refractivity contribution in [2.24, 2.45) is 4.99 Å². The lowest BCUT2D eigenvalue weighted by Gasteiger charge is -2.30. The van der Waals surface area contributed by atoms with Crippen molar-refractivity contribution in [3.8, 4) is 6.07 Å². The molecule has 1 fully saturated rings. The van der Waals surface area contributed by atoms with Gasteiger partial charge in [-0.05, 0) is 30.5 Å². The SMILES string of the molecule is N#Cc1c(Cl)cccc1N=C1CCCCN1Cc1ccccc1. The second-order valence-electron chi connectivity index (χ2n) is 5.64. The fraction of sp³-hybridized carbons (Fsp3) is 0.263. The first-order valence-electron chi connectivity index (χ1n) is 7.83. The molecule has 0 atom stereocenters. The summed E-state index contributed by atoms with van der Waals surface area (Å²) in [5, 5.41) is 9.77. The molecule has 4 heteroatoms. The van der Waals surface area contributed by atoms with Gasteiger partial charge in [-0.15, -0.1) is 0 Å². The van der Waals surface area contributed by atoms with E-state index in [1.807, 2.05) is 18.2 Å². The molecule has 3 rings (SSSR count). The van der Waals surface area contributed by atoms with Crippen molar-refractivity contribution >= 4 is 23.1 Å². The van der Waals surface area contributed by atoms with Gasteiger partial charge in [0.15, 0.2) is 0 Å². The van der Waals surface area contributed by atoms with Gasteiger partial charge < -0.3 is 4.90 Å². The zero-order valence-corrected chi connectivity index (χ0v) is 13.6. The highest BCUT2D eigenvalue weighted by molar-refractivity contribution is 6.32. The number of benzene rings is 2. The fourth-order valence-corrected chi connectivity index (χ4v) is 3.04. The zero-order valence-electron chi connectivity index (χ0n) is 12.9. The first-order chi connectivity index (χ1) is 11.3. The molecule has 2 aromatic carbocycles. The largest absolute Gasteiger partial charge is 0.356 e. The molecule has 0 N–H and O–H groups in total. The standard InChI is InChI=1S/C19H18ClN3/c20-17-9-6-10-18(16(17)13-21)22-19-11-4-5-12-23(19)14-15-7-2-1-3-8-15/h1-3,6-10H,4-5,11-12,14H2. The maximum absolute atomic E-state index is 9.31. The Morgan fingerprint density at radius 2 is 1.91 bits per heavy atom. The summed E-state index contributed by atoms with van der Waals surface area (Å²) in [4.78, 5) is 7.07. The van der Waals surface area contributed by atoms with Gasteiger partial charge in [0.25, 0.3) is 0 Å². The predicted molar refractivity (Wildman–Crippen MR) is 94.0 cm³/mol. The van der Waals surface area contributed by atoms with Crippen molar-refractivity contribution in [3.63, 3.8) is 0 Å². The second kappa shape index (κ2) is 7.30. The van der Waals surface area contributed by atoms with E-state index >= 15 is 0 Å². The van der Waals surface area contributed by atoms with Crippen LogP contribution in [0.2, 0.25) is 5.02 Å². The summed E-state index contributed by atoms with van der Waals surface area (Å²) >= 11 is 6.11. The molecule has 0 aliphatic carbocycles. The zero-order chi connectivity index (χ0) is 16.1. The quantitative estimate of drug-likeness (QED) is 0.803. The first kappa shape index (κ1) is 15.6. The van der Waals surface area contributed by atoms with Crippen LogP contribution in [0.3, 0.4) is 0 Å². The van der Waals surface area contributed by atoms with E-state index < -0.39 is 0 Å². The van der Waals surface area contributed by atoms with E-state index in [2.05, 4.69) is 35.2 Å². The van der Waals surface area contributed by atoms with Gasteiger partial charge in [0, 0.05) is 19.5 Å². The molecular weight excluding hydrogens is 306 g/mol. The highest BCUT2D eigenvalue weighted by atomic mass is 35.5. The molecule has 0 radical (unpaired) electrons. The molecule has 3 nitrogen and oxygen atoms in total. The van der Waals surface area contributed by atoms with E-state index in [0.29, 0.717) is 16.3 Å². The lowest BCUT2D eigenvalue weighted by atomic mass is 10.1. The van der Waals surface area contributed by atoms with Gasteiger partial charge in [0.1, 0.15) is 11.9 Å². The molecule has 0 amide bonds. The Balaban J connectivity index is 1.90. The lowest BCUT2D eigenvalue weighted by Crippen LogP contribution is -2.34. The van der Waals surface area contributed by atoms with E-state index in [9.17, 15) is 5.26 Å². The van der Waals surface area contributed by atoms with E-state index in [0.717, 1.165) is 31.8 Å². The van der Waals surface area contributed by atoms with Crippen LogP contribution in [-0.2, 0) is 6.54 Å². The number of halogens is 1. The van der Waals surface area contributed by atoms with E-state index in [4.69, 9.17) is 16.6 Å². The molecule has 1 heterocycles. The number of aliphatic imine (C=N–C) groups is 1. The summed E-state index contributed by atoms with van der Waals surface area (Å²) in [6.45, 7) is 1.85. The number of amidine groups is 1. The van der Waals surface area contributed by atoms with Gasteiger partial charge in [-0.25, -0.2) is 4.99 Å². The third-order valence-electron chi connectivity index (χ3n) is 4.01. The molecular formula is C19H18ClN3. The molecule has 0 aromatic heterocycles. The maximum atomic E-state index is 9.31. The molecule has 1 aliphatic rings. The molecule has 0 saturated carbocycles. The van der Waals surface area contributed by atoms with E-state index in [-0.39, 0.29) is 0 Å². The normalized spacial score (nSPS) is 16.3. The summed E-state index contributed by atoms with van der Waals surface area (Å²) in [5.41, 5.74) is 2.38. The molecule has 116 valence electrons.